The predicted molar refractivity (Wildman–Crippen MR) is 86.5 cm³/mol. The van der Waals surface area contributed by atoms with Crippen molar-refractivity contribution in [1.29, 1.82) is 0 Å². The van der Waals surface area contributed by atoms with Crippen molar-refractivity contribution in [3.05, 3.63) is 68.7 Å². The number of hydrogen-bond donors (Lipinski definition) is 0. The Kier molecular flexibility index (Phi) is 5.20. The summed E-state index contributed by atoms with van der Waals surface area (Å²) in [5.41, 5.74) is 2.03. The number of rotatable bonds is 5. The molecule has 1 atom stereocenters. The highest BCUT2D eigenvalue weighted by molar-refractivity contribution is 9.09. The summed E-state index contributed by atoms with van der Waals surface area (Å²) in [6.45, 7) is 0. The summed E-state index contributed by atoms with van der Waals surface area (Å²) >= 11 is 9.65. The number of nitrogens with zero attached hydrogens (tertiary/aromatic N) is 1. The summed E-state index contributed by atoms with van der Waals surface area (Å²) in [5, 5.41) is 11.3. The Bertz CT molecular complexity index is 646. The van der Waals surface area contributed by atoms with Crippen LogP contribution in [0.1, 0.15) is 16.0 Å². The van der Waals surface area contributed by atoms with Gasteiger partial charge in [0.2, 0.25) is 0 Å². The minimum absolute atomic E-state index is 0.00704. The van der Waals surface area contributed by atoms with Gasteiger partial charge in [0, 0.05) is 27.5 Å². The zero-order valence-electron chi connectivity index (χ0n) is 11.3. The van der Waals surface area contributed by atoms with Gasteiger partial charge in [-0.2, -0.15) is 0 Å². The van der Waals surface area contributed by atoms with Crippen LogP contribution in [0.15, 0.2) is 42.5 Å². The molecular weight excluding hydrogens is 358 g/mol. The number of nitro benzene ring substituents is 1. The summed E-state index contributed by atoms with van der Waals surface area (Å²) in [4.78, 5) is 10.2. The molecule has 0 aliphatic carbocycles. The molecule has 6 heteroatoms. The van der Waals surface area contributed by atoms with E-state index >= 15 is 0 Å². The van der Waals surface area contributed by atoms with E-state index in [1.165, 1.54) is 12.1 Å². The van der Waals surface area contributed by atoms with Crippen LogP contribution in [0.3, 0.4) is 0 Å². The van der Waals surface area contributed by atoms with Crippen molar-refractivity contribution in [2.24, 2.45) is 0 Å². The Morgan fingerprint density at radius 3 is 2.52 bits per heavy atom. The Morgan fingerprint density at radius 2 is 1.95 bits per heavy atom. The SMILES string of the molecule is COc1ccc(Cl)cc1C(Br)Cc1ccc([N+](=O)[O-])cc1. The standard InChI is InChI=1S/C15H13BrClNO3/c1-21-15-7-4-11(17)9-13(15)14(16)8-10-2-5-12(6-3-10)18(19)20/h2-7,9,14H,8H2,1H3. The van der Waals surface area contributed by atoms with Crippen LogP contribution in [0, 0.1) is 10.1 Å². The first-order valence-corrected chi connectivity index (χ1v) is 7.51. The van der Waals surface area contributed by atoms with Crippen molar-refractivity contribution in [1.82, 2.24) is 0 Å². The lowest BCUT2D eigenvalue weighted by atomic mass is 10.0. The topological polar surface area (TPSA) is 52.4 Å². The van der Waals surface area contributed by atoms with Crippen LogP contribution in [0.4, 0.5) is 5.69 Å². The summed E-state index contributed by atoms with van der Waals surface area (Å²) in [6.07, 6.45) is 0.675. The lowest BCUT2D eigenvalue weighted by Gasteiger charge is -2.14. The highest BCUT2D eigenvalue weighted by atomic mass is 79.9. The van der Waals surface area contributed by atoms with Gasteiger partial charge in [0.05, 0.1) is 12.0 Å². The van der Waals surface area contributed by atoms with Crippen molar-refractivity contribution in [3.8, 4) is 5.75 Å². The van der Waals surface area contributed by atoms with E-state index in [1.54, 1.807) is 25.3 Å². The molecule has 0 N–H and O–H groups in total. The van der Waals surface area contributed by atoms with E-state index in [-0.39, 0.29) is 10.5 Å². The maximum Gasteiger partial charge on any atom is 0.269 e. The van der Waals surface area contributed by atoms with Gasteiger partial charge in [0.25, 0.3) is 5.69 Å². The molecule has 1 unspecified atom stereocenters. The largest absolute Gasteiger partial charge is 0.496 e. The molecule has 21 heavy (non-hydrogen) atoms. The van der Waals surface area contributed by atoms with E-state index in [0.717, 1.165) is 16.9 Å². The molecule has 0 spiro atoms. The molecule has 0 heterocycles. The first-order chi connectivity index (χ1) is 10.0. The van der Waals surface area contributed by atoms with Gasteiger partial charge >= 0.3 is 0 Å². The number of methoxy groups -OCH3 is 1. The van der Waals surface area contributed by atoms with Gasteiger partial charge in [0.1, 0.15) is 5.75 Å². The van der Waals surface area contributed by atoms with E-state index in [9.17, 15) is 10.1 Å². The van der Waals surface area contributed by atoms with E-state index in [0.29, 0.717) is 11.4 Å². The average Bonchev–Trinajstić information content (AvgIpc) is 2.47. The summed E-state index contributed by atoms with van der Waals surface area (Å²) < 4.78 is 5.33. The average molecular weight is 371 g/mol. The Hall–Kier alpha value is -1.59. The summed E-state index contributed by atoms with van der Waals surface area (Å²) in [7, 11) is 1.61. The fraction of sp³-hybridized carbons (Fsp3) is 0.200. The minimum atomic E-state index is -0.407. The van der Waals surface area contributed by atoms with Crippen LogP contribution in [0.25, 0.3) is 0 Å². The van der Waals surface area contributed by atoms with Gasteiger partial charge in [-0.3, -0.25) is 10.1 Å². The fourth-order valence-electron chi connectivity index (χ4n) is 2.02. The molecule has 4 nitrogen and oxygen atoms in total. The third kappa shape index (κ3) is 3.95. The second-order valence-electron chi connectivity index (χ2n) is 4.48. The van der Waals surface area contributed by atoms with E-state index in [1.807, 2.05) is 12.1 Å². The van der Waals surface area contributed by atoms with Crippen LogP contribution < -0.4 is 4.74 Å². The zero-order chi connectivity index (χ0) is 15.4. The van der Waals surface area contributed by atoms with Crippen LogP contribution in [0.5, 0.6) is 5.75 Å². The second-order valence-corrected chi connectivity index (χ2v) is 6.02. The van der Waals surface area contributed by atoms with Crippen molar-refractivity contribution >= 4 is 33.2 Å². The van der Waals surface area contributed by atoms with Gasteiger partial charge in [0.15, 0.2) is 0 Å². The van der Waals surface area contributed by atoms with Gasteiger partial charge in [-0.25, -0.2) is 0 Å². The van der Waals surface area contributed by atoms with E-state index in [2.05, 4.69) is 15.9 Å². The minimum Gasteiger partial charge on any atom is -0.496 e. The van der Waals surface area contributed by atoms with Gasteiger partial charge in [-0.05, 0) is 30.2 Å². The fourth-order valence-corrected chi connectivity index (χ4v) is 2.93. The number of benzene rings is 2. The van der Waals surface area contributed by atoms with E-state index < -0.39 is 4.92 Å². The van der Waals surface area contributed by atoms with Gasteiger partial charge in [-0.15, -0.1) is 0 Å². The molecule has 0 radical (unpaired) electrons. The molecule has 0 aliphatic heterocycles. The quantitative estimate of drug-likeness (QED) is 0.426. The third-order valence-electron chi connectivity index (χ3n) is 3.09. The van der Waals surface area contributed by atoms with Crippen LogP contribution >= 0.6 is 27.5 Å². The van der Waals surface area contributed by atoms with Crippen molar-refractivity contribution < 1.29 is 9.66 Å². The molecule has 0 saturated heterocycles. The van der Waals surface area contributed by atoms with Crippen LogP contribution in [0.2, 0.25) is 5.02 Å². The Labute approximate surface area is 136 Å². The molecular formula is C15H13BrClNO3. The van der Waals surface area contributed by atoms with Crippen molar-refractivity contribution in [3.63, 3.8) is 0 Å². The predicted octanol–water partition coefficient (Wildman–Crippen LogP) is 4.94. The second kappa shape index (κ2) is 6.91. The summed E-state index contributed by atoms with van der Waals surface area (Å²) in [6, 6.07) is 12.0. The van der Waals surface area contributed by atoms with Crippen molar-refractivity contribution in [2.45, 2.75) is 11.2 Å². The van der Waals surface area contributed by atoms with Gasteiger partial charge < -0.3 is 4.74 Å². The normalized spacial score (nSPS) is 12.0. The maximum absolute atomic E-state index is 10.6. The highest BCUT2D eigenvalue weighted by Crippen LogP contribution is 2.35. The number of halogens is 2. The lowest BCUT2D eigenvalue weighted by Crippen LogP contribution is -1.99. The zero-order valence-corrected chi connectivity index (χ0v) is 13.6. The molecule has 0 aliphatic rings. The highest BCUT2D eigenvalue weighted by Gasteiger charge is 2.15. The molecule has 2 aromatic carbocycles. The smallest absolute Gasteiger partial charge is 0.269 e. The first-order valence-electron chi connectivity index (χ1n) is 6.22. The van der Waals surface area contributed by atoms with Crippen molar-refractivity contribution in [2.75, 3.05) is 7.11 Å². The number of ether oxygens (including phenoxy) is 1. The Morgan fingerprint density at radius 1 is 1.29 bits per heavy atom. The molecule has 0 bridgehead atoms. The molecule has 2 rings (SSSR count). The Balaban J connectivity index is 2.19. The third-order valence-corrected chi connectivity index (χ3v) is 4.14. The number of hydrogen-bond acceptors (Lipinski definition) is 3. The first kappa shape index (κ1) is 15.8. The molecule has 2 aromatic rings. The van der Waals surface area contributed by atoms with Crippen LogP contribution in [-0.4, -0.2) is 12.0 Å². The summed E-state index contributed by atoms with van der Waals surface area (Å²) in [5.74, 6) is 0.753. The monoisotopic (exact) mass is 369 g/mol. The molecule has 0 amide bonds. The number of alkyl halides is 1. The van der Waals surface area contributed by atoms with E-state index in [4.69, 9.17) is 16.3 Å². The van der Waals surface area contributed by atoms with Gasteiger partial charge in [-0.1, -0.05) is 39.7 Å². The molecule has 0 aromatic heterocycles. The maximum atomic E-state index is 10.6. The molecule has 110 valence electrons. The van der Waals surface area contributed by atoms with Crippen LogP contribution in [-0.2, 0) is 6.42 Å². The number of nitro groups is 1. The lowest BCUT2D eigenvalue weighted by molar-refractivity contribution is -0.384. The molecule has 0 saturated carbocycles. The number of non-ortho nitro benzene ring substituents is 1. The molecule has 0 fully saturated rings.